The van der Waals surface area contributed by atoms with Crippen molar-refractivity contribution in [3.63, 3.8) is 0 Å². The van der Waals surface area contributed by atoms with Crippen LogP contribution in [0.25, 0.3) is 11.1 Å². The minimum Gasteiger partial charge on any atom is -0.454 e. The lowest BCUT2D eigenvalue weighted by Crippen LogP contribution is -2.23. The normalized spacial score (nSPS) is 11.4. The molecular formula is C16H18O3. The second-order valence-electron chi connectivity index (χ2n) is 5.47. The van der Waals surface area contributed by atoms with Crippen molar-refractivity contribution in [2.75, 3.05) is 0 Å². The van der Waals surface area contributed by atoms with E-state index in [0.29, 0.717) is 5.76 Å². The second kappa shape index (κ2) is 4.92. The van der Waals surface area contributed by atoms with Gasteiger partial charge < -0.3 is 9.15 Å². The van der Waals surface area contributed by atoms with Crippen molar-refractivity contribution >= 4 is 5.97 Å². The lowest BCUT2D eigenvalue weighted by molar-refractivity contribution is 0.00360. The molecule has 0 fully saturated rings. The predicted octanol–water partition coefficient (Wildman–Crippen LogP) is 4.21. The fourth-order valence-corrected chi connectivity index (χ4v) is 1.82. The summed E-state index contributed by atoms with van der Waals surface area (Å²) >= 11 is 0. The van der Waals surface area contributed by atoms with Crippen LogP contribution in [0.5, 0.6) is 0 Å². The summed E-state index contributed by atoms with van der Waals surface area (Å²) in [6.45, 7) is 7.33. The number of benzene rings is 1. The highest BCUT2D eigenvalue weighted by molar-refractivity contribution is 5.94. The van der Waals surface area contributed by atoms with E-state index in [0.717, 1.165) is 11.1 Å². The summed E-state index contributed by atoms with van der Waals surface area (Å²) in [5.41, 5.74) is 1.18. The summed E-state index contributed by atoms with van der Waals surface area (Å²) in [5.74, 6) is 0.526. The zero-order valence-electron chi connectivity index (χ0n) is 11.7. The summed E-state index contributed by atoms with van der Waals surface area (Å²) in [7, 11) is 0. The molecule has 0 unspecified atom stereocenters. The first-order chi connectivity index (χ1) is 8.87. The minimum atomic E-state index is -0.536. The van der Waals surface area contributed by atoms with E-state index in [4.69, 9.17) is 9.15 Å². The van der Waals surface area contributed by atoms with Crippen molar-refractivity contribution in [2.45, 2.75) is 33.3 Å². The van der Waals surface area contributed by atoms with E-state index < -0.39 is 11.6 Å². The molecule has 0 spiro atoms. The van der Waals surface area contributed by atoms with Crippen LogP contribution in [0, 0.1) is 6.92 Å². The summed E-state index contributed by atoms with van der Waals surface area (Å²) < 4.78 is 10.9. The van der Waals surface area contributed by atoms with Crippen molar-refractivity contribution in [3.05, 3.63) is 47.9 Å². The number of hydrogen-bond acceptors (Lipinski definition) is 3. The topological polar surface area (TPSA) is 39.4 Å². The Bertz CT molecular complexity index is 574. The Balaban J connectivity index is 2.40. The zero-order valence-corrected chi connectivity index (χ0v) is 11.7. The molecule has 2 aromatic rings. The van der Waals surface area contributed by atoms with Gasteiger partial charge in [0.1, 0.15) is 11.4 Å². The number of ether oxygens (including phenoxy) is 1. The third kappa shape index (κ3) is 3.25. The molecule has 0 aliphatic heterocycles. The lowest BCUT2D eigenvalue weighted by Gasteiger charge is -2.18. The van der Waals surface area contributed by atoms with Crippen LogP contribution in [-0.2, 0) is 4.74 Å². The highest BCUT2D eigenvalue weighted by Gasteiger charge is 2.24. The fraction of sp³-hybridized carbons (Fsp3) is 0.312. The van der Waals surface area contributed by atoms with Crippen molar-refractivity contribution in [1.82, 2.24) is 0 Å². The van der Waals surface area contributed by atoms with Gasteiger partial charge in [0, 0.05) is 5.56 Å². The third-order valence-corrected chi connectivity index (χ3v) is 2.52. The van der Waals surface area contributed by atoms with Gasteiger partial charge in [0.2, 0.25) is 5.76 Å². The van der Waals surface area contributed by atoms with Gasteiger partial charge in [0.25, 0.3) is 0 Å². The summed E-state index contributed by atoms with van der Waals surface area (Å²) in [5, 5.41) is 0. The second-order valence-corrected chi connectivity index (χ2v) is 5.47. The Kier molecular flexibility index (Phi) is 3.47. The Morgan fingerprint density at radius 1 is 1.16 bits per heavy atom. The number of esters is 1. The van der Waals surface area contributed by atoms with E-state index in [9.17, 15) is 4.79 Å². The fourth-order valence-electron chi connectivity index (χ4n) is 1.82. The molecule has 0 aliphatic rings. The minimum absolute atomic E-state index is 0.263. The van der Waals surface area contributed by atoms with Gasteiger partial charge in [-0.1, -0.05) is 30.3 Å². The first-order valence-electron chi connectivity index (χ1n) is 6.26. The van der Waals surface area contributed by atoms with E-state index in [1.165, 1.54) is 0 Å². The molecule has 3 heteroatoms. The smallest absolute Gasteiger partial charge is 0.375 e. The van der Waals surface area contributed by atoms with E-state index >= 15 is 0 Å². The number of furan rings is 1. The SMILES string of the molecule is Cc1cc(-c2ccccc2)c(C(=O)OC(C)(C)C)o1. The highest BCUT2D eigenvalue weighted by Crippen LogP contribution is 2.28. The molecule has 100 valence electrons. The molecular weight excluding hydrogens is 240 g/mol. The third-order valence-electron chi connectivity index (χ3n) is 2.52. The maximum atomic E-state index is 12.2. The van der Waals surface area contributed by atoms with Gasteiger partial charge in [-0.05, 0) is 39.3 Å². The summed E-state index contributed by atoms with van der Waals surface area (Å²) in [6, 6.07) is 11.5. The maximum absolute atomic E-state index is 12.2. The summed E-state index contributed by atoms with van der Waals surface area (Å²) in [4.78, 5) is 12.2. The average molecular weight is 258 g/mol. The maximum Gasteiger partial charge on any atom is 0.375 e. The number of rotatable bonds is 2. The van der Waals surface area contributed by atoms with Crippen LogP contribution in [0.2, 0.25) is 0 Å². The molecule has 1 aromatic carbocycles. The standard InChI is InChI=1S/C16H18O3/c1-11-10-13(12-8-6-5-7-9-12)14(18-11)15(17)19-16(2,3)4/h5-10H,1-4H3. The van der Waals surface area contributed by atoms with Crippen LogP contribution in [0.4, 0.5) is 0 Å². The van der Waals surface area contributed by atoms with Crippen LogP contribution in [0.15, 0.2) is 40.8 Å². The van der Waals surface area contributed by atoms with E-state index in [2.05, 4.69) is 0 Å². The Labute approximate surface area is 113 Å². The average Bonchev–Trinajstić information content (AvgIpc) is 2.70. The van der Waals surface area contributed by atoms with E-state index in [1.54, 1.807) is 0 Å². The number of hydrogen-bond donors (Lipinski definition) is 0. The van der Waals surface area contributed by atoms with Gasteiger partial charge in [0.15, 0.2) is 0 Å². The molecule has 0 amide bonds. The molecule has 0 saturated heterocycles. The molecule has 0 radical (unpaired) electrons. The molecule has 0 aliphatic carbocycles. The molecule has 2 rings (SSSR count). The molecule has 3 nitrogen and oxygen atoms in total. The predicted molar refractivity (Wildman–Crippen MR) is 74.0 cm³/mol. The number of aryl methyl sites for hydroxylation is 1. The Morgan fingerprint density at radius 3 is 2.37 bits per heavy atom. The number of carbonyl (C=O) groups is 1. The molecule has 1 heterocycles. The molecule has 19 heavy (non-hydrogen) atoms. The quantitative estimate of drug-likeness (QED) is 0.757. The highest BCUT2D eigenvalue weighted by atomic mass is 16.6. The van der Waals surface area contributed by atoms with Gasteiger partial charge in [-0.25, -0.2) is 4.79 Å². The molecule has 0 saturated carbocycles. The first kappa shape index (κ1) is 13.4. The van der Waals surface area contributed by atoms with Gasteiger partial charge in [-0.3, -0.25) is 0 Å². The summed E-state index contributed by atoms with van der Waals surface area (Å²) in [6.07, 6.45) is 0. The lowest BCUT2D eigenvalue weighted by atomic mass is 10.1. The van der Waals surface area contributed by atoms with Gasteiger partial charge >= 0.3 is 5.97 Å². The van der Waals surface area contributed by atoms with Crippen molar-refractivity contribution in [2.24, 2.45) is 0 Å². The van der Waals surface area contributed by atoms with E-state index in [-0.39, 0.29) is 5.76 Å². The van der Waals surface area contributed by atoms with Crippen LogP contribution >= 0.6 is 0 Å². The zero-order chi connectivity index (χ0) is 14.0. The van der Waals surface area contributed by atoms with Crippen LogP contribution in [0.1, 0.15) is 37.1 Å². The van der Waals surface area contributed by atoms with Crippen molar-refractivity contribution in [3.8, 4) is 11.1 Å². The largest absolute Gasteiger partial charge is 0.454 e. The van der Waals surface area contributed by atoms with Gasteiger partial charge in [0.05, 0.1) is 0 Å². The Hall–Kier alpha value is -2.03. The number of carbonyl (C=O) groups excluding carboxylic acids is 1. The molecule has 0 bridgehead atoms. The molecule has 1 aromatic heterocycles. The molecule has 0 N–H and O–H groups in total. The van der Waals surface area contributed by atoms with Crippen molar-refractivity contribution < 1.29 is 13.9 Å². The Morgan fingerprint density at radius 2 is 1.79 bits per heavy atom. The molecule has 0 atom stereocenters. The van der Waals surface area contributed by atoms with Crippen molar-refractivity contribution in [1.29, 1.82) is 0 Å². The van der Waals surface area contributed by atoms with Crippen LogP contribution in [0.3, 0.4) is 0 Å². The van der Waals surface area contributed by atoms with E-state index in [1.807, 2.05) is 64.1 Å². The van der Waals surface area contributed by atoms with Gasteiger partial charge in [-0.2, -0.15) is 0 Å². The first-order valence-corrected chi connectivity index (χ1v) is 6.26. The van der Waals surface area contributed by atoms with Gasteiger partial charge in [-0.15, -0.1) is 0 Å². The monoisotopic (exact) mass is 258 g/mol. The van der Waals surface area contributed by atoms with Crippen LogP contribution < -0.4 is 0 Å². The van der Waals surface area contributed by atoms with Crippen LogP contribution in [-0.4, -0.2) is 11.6 Å².